The summed E-state index contributed by atoms with van der Waals surface area (Å²) >= 11 is 11.9. The van der Waals surface area contributed by atoms with Crippen molar-refractivity contribution >= 4 is 41.0 Å². The number of hydrogen-bond acceptors (Lipinski definition) is 5. The number of benzene rings is 2. The molecule has 9 heteroatoms. The average molecular weight is 479 g/mol. The highest BCUT2D eigenvalue weighted by atomic mass is 35.5. The lowest BCUT2D eigenvalue weighted by molar-refractivity contribution is -0.131. The summed E-state index contributed by atoms with van der Waals surface area (Å²) in [7, 11) is 0. The summed E-state index contributed by atoms with van der Waals surface area (Å²) < 4.78 is 10.5. The molecule has 0 bridgehead atoms. The normalized spacial score (nSPS) is 14.0. The van der Waals surface area contributed by atoms with Gasteiger partial charge in [-0.3, -0.25) is 14.4 Å². The molecule has 3 rings (SSSR count). The molecular formula is C23H24Cl2N2O5. The molecule has 1 N–H and O–H groups in total. The van der Waals surface area contributed by atoms with Gasteiger partial charge in [0.15, 0.2) is 6.61 Å². The highest BCUT2D eigenvalue weighted by Gasteiger charge is 2.24. The number of carbonyl (C=O) groups is 3. The molecular weight excluding hydrogens is 455 g/mol. The molecule has 1 saturated heterocycles. The van der Waals surface area contributed by atoms with Crippen molar-refractivity contribution in [1.82, 2.24) is 10.2 Å². The van der Waals surface area contributed by atoms with Crippen LogP contribution in [0, 0.1) is 5.92 Å². The fraction of sp³-hybridized carbons (Fsp3) is 0.348. The van der Waals surface area contributed by atoms with Crippen LogP contribution in [0.3, 0.4) is 0 Å². The van der Waals surface area contributed by atoms with Gasteiger partial charge in [0.05, 0.1) is 5.02 Å². The van der Waals surface area contributed by atoms with Gasteiger partial charge in [0.2, 0.25) is 0 Å². The third-order valence-electron chi connectivity index (χ3n) is 5.08. The summed E-state index contributed by atoms with van der Waals surface area (Å²) in [5, 5.41) is 3.71. The minimum Gasteiger partial charge on any atom is -0.482 e. The van der Waals surface area contributed by atoms with Gasteiger partial charge in [-0.15, -0.1) is 0 Å². The first-order chi connectivity index (χ1) is 15.3. The number of rotatable bonds is 7. The maximum Gasteiger partial charge on any atom is 0.308 e. The van der Waals surface area contributed by atoms with Gasteiger partial charge in [0.25, 0.3) is 11.8 Å². The topological polar surface area (TPSA) is 84.9 Å². The molecule has 1 heterocycles. The zero-order valence-electron chi connectivity index (χ0n) is 17.6. The molecule has 1 aliphatic heterocycles. The average Bonchev–Trinajstić information content (AvgIpc) is 2.76. The van der Waals surface area contributed by atoms with E-state index < -0.39 is 5.97 Å². The molecule has 1 aliphatic rings. The van der Waals surface area contributed by atoms with Gasteiger partial charge in [-0.1, -0.05) is 29.3 Å². The quantitative estimate of drug-likeness (QED) is 0.480. The fourth-order valence-electron chi connectivity index (χ4n) is 3.43. The second-order valence-electron chi connectivity index (χ2n) is 7.52. The van der Waals surface area contributed by atoms with E-state index in [9.17, 15) is 14.4 Å². The first-order valence-electron chi connectivity index (χ1n) is 10.2. The molecule has 0 spiro atoms. The Morgan fingerprint density at radius 1 is 1.09 bits per heavy atom. The molecule has 0 aliphatic carbocycles. The van der Waals surface area contributed by atoms with E-state index in [1.165, 1.54) is 6.92 Å². The van der Waals surface area contributed by atoms with Crippen LogP contribution in [0.1, 0.15) is 30.1 Å². The molecule has 170 valence electrons. The van der Waals surface area contributed by atoms with Gasteiger partial charge < -0.3 is 19.7 Å². The van der Waals surface area contributed by atoms with Crippen molar-refractivity contribution in [3.05, 3.63) is 58.1 Å². The van der Waals surface area contributed by atoms with Gasteiger partial charge >= 0.3 is 5.97 Å². The van der Waals surface area contributed by atoms with Gasteiger partial charge in [-0.25, -0.2) is 0 Å². The zero-order valence-corrected chi connectivity index (χ0v) is 19.1. The first-order valence-corrected chi connectivity index (χ1v) is 11.0. The van der Waals surface area contributed by atoms with E-state index in [2.05, 4.69) is 5.32 Å². The summed E-state index contributed by atoms with van der Waals surface area (Å²) in [5.74, 6) is 0.249. The Morgan fingerprint density at radius 3 is 2.53 bits per heavy atom. The molecule has 0 atom stereocenters. The summed E-state index contributed by atoms with van der Waals surface area (Å²) in [6.45, 7) is 2.87. The summed E-state index contributed by atoms with van der Waals surface area (Å²) in [5.41, 5.74) is 0.480. The molecule has 1 fully saturated rings. The maximum atomic E-state index is 12.8. The number of hydrogen-bond donors (Lipinski definition) is 1. The summed E-state index contributed by atoms with van der Waals surface area (Å²) in [6, 6.07) is 11.4. The highest BCUT2D eigenvalue weighted by molar-refractivity contribution is 6.35. The molecule has 2 amide bonds. The van der Waals surface area contributed by atoms with Crippen molar-refractivity contribution in [2.45, 2.75) is 19.8 Å². The Morgan fingerprint density at radius 2 is 1.84 bits per heavy atom. The minimum atomic E-state index is -0.431. The second kappa shape index (κ2) is 11.2. The lowest BCUT2D eigenvalue weighted by atomic mass is 9.96. The van der Waals surface area contributed by atoms with Crippen molar-refractivity contribution in [3.8, 4) is 11.5 Å². The molecule has 2 aromatic rings. The van der Waals surface area contributed by atoms with Gasteiger partial charge in [-0.05, 0) is 55.2 Å². The monoisotopic (exact) mass is 478 g/mol. The van der Waals surface area contributed by atoms with E-state index in [-0.39, 0.29) is 24.3 Å². The lowest BCUT2D eigenvalue weighted by Gasteiger charge is -2.32. The van der Waals surface area contributed by atoms with Crippen molar-refractivity contribution in [1.29, 1.82) is 0 Å². The number of nitrogens with zero attached hydrogens (tertiary/aromatic N) is 1. The van der Waals surface area contributed by atoms with Crippen LogP contribution in [0.15, 0.2) is 42.5 Å². The highest BCUT2D eigenvalue weighted by Crippen LogP contribution is 2.27. The van der Waals surface area contributed by atoms with Crippen LogP contribution in [0.5, 0.6) is 11.5 Å². The van der Waals surface area contributed by atoms with Crippen LogP contribution < -0.4 is 14.8 Å². The van der Waals surface area contributed by atoms with E-state index in [1.807, 2.05) is 0 Å². The lowest BCUT2D eigenvalue weighted by Crippen LogP contribution is -2.42. The number of amides is 2. The van der Waals surface area contributed by atoms with Gasteiger partial charge in [0, 0.05) is 37.1 Å². The number of ether oxygens (including phenoxy) is 2. The Kier molecular flexibility index (Phi) is 8.36. The van der Waals surface area contributed by atoms with Crippen LogP contribution in [0.4, 0.5) is 0 Å². The molecule has 7 nitrogen and oxygen atoms in total. The Labute approximate surface area is 196 Å². The van der Waals surface area contributed by atoms with E-state index in [1.54, 1.807) is 47.4 Å². The minimum absolute atomic E-state index is 0.102. The van der Waals surface area contributed by atoms with Crippen molar-refractivity contribution in [2.24, 2.45) is 5.92 Å². The van der Waals surface area contributed by atoms with Gasteiger partial charge in [0.1, 0.15) is 11.5 Å². The Hall–Kier alpha value is -2.77. The van der Waals surface area contributed by atoms with Crippen LogP contribution in [0.25, 0.3) is 0 Å². The van der Waals surface area contributed by atoms with Crippen molar-refractivity contribution in [2.75, 3.05) is 26.2 Å². The smallest absolute Gasteiger partial charge is 0.308 e. The van der Waals surface area contributed by atoms with Crippen LogP contribution in [-0.4, -0.2) is 48.9 Å². The van der Waals surface area contributed by atoms with E-state index in [0.29, 0.717) is 46.7 Å². The number of carbonyl (C=O) groups excluding carboxylic acids is 3. The number of esters is 1. The van der Waals surface area contributed by atoms with Crippen LogP contribution >= 0.6 is 23.2 Å². The first kappa shape index (κ1) is 23.9. The SMILES string of the molecule is CC(=O)Oc1cccc(C(=O)N2CCC(CNC(=O)COc3ccc(Cl)cc3Cl)CC2)c1. The second-order valence-corrected chi connectivity index (χ2v) is 8.37. The fourth-order valence-corrected chi connectivity index (χ4v) is 3.89. The Bertz CT molecular complexity index is 990. The predicted octanol–water partition coefficient (Wildman–Crippen LogP) is 3.97. The van der Waals surface area contributed by atoms with Crippen molar-refractivity contribution in [3.63, 3.8) is 0 Å². The third-order valence-corrected chi connectivity index (χ3v) is 5.62. The molecule has 32 heavy (non-hydrogen) atoms. The zero-order chi connectivity index (χ0) is 23.1. The largest absolute Gasteiger partial charge is 0.482 e. The van der Waals surface area contributed by atoms with Gasteiger partial charge in [-0.2, -0.15) is 0 Å². The van der Waals surface area contributed by atoms with Crippen LogP contribution in [-0.2, 0) is 9.59 Å². The third kappa shape index (κ3) is 6.87. The molecule has 0 saturated carbocycles. The van der Waals surface area contributed by atoms with Crippen LogP contribution in [0.2, 0.25) is 10.0 Å². The van der Waals surface area contributed by atoms with E-state index in [0.717, 1.165) is 12.8 Å². The number of nitrogens with one attached hydrogen (secondary N) is 1. The maximum absolute atomic E-state index is 12.8. The summed E-state index contributed by atoms with van der Waals surface area (Å²) in [4.78, 5) is 37.7. The van der Waals surface area contributed by atoms with E-state index >= 15 is 0 Å². The van der Waals surface area contributed by atoms with Crippen molar-refractivity contribution < 1.29 is 23.9 Å². The molecule has 0 radical (unpaired) electrons. The molecule has 0 aromatic heterocycles. The number of halogens is 2. The standard InChI is InChI=1S/C23H24Cl2N2O5/c1-15(28)32-19-4-2-3-17(11-19)23(30)27-9-7-16(8-10-27)13-26-22(29)14-31-21-6-5-18(24)12-20(21)25/h2-6,11-12,16H,7-10,13-14H2,1H3,(H,26,29). The summed E-state index contributed by atoms with van der Waals surface area (Å²) in [6.07, 6.45) is 1.55. The Balaban J connectivity index is 1.41. The number of likely N-dealkylation sites (tertiary alicyclic amines) is 1. The number of piperidine rings is 1. The van der Waals surface area contributed by atoms with E-state index in [4.69, 9.17) is 32.7 Å². The molecule has 2 aromatic carbocycles. The molecule has 0 unspecified atom stereocenters. The predicted molar refractivity (Wildman–Crippen MR) is 121 cm³/mol.